The van der Waals surface area contributed by atoms with E-state index >= 15 is 0 Å². The molecule has 77 heavy (non-hydrogen) atoms. The zero-order chi connectivity index (χ0) is 52.1. The lowest BCUT2D eigenvalue weighted by atomic mass is 9.48. The van der Waals surface area contributed by atoms with Crippen molar-refractivity contribution < 1.29 is 0 Å². The van der Waals surface area contributed by atoms with Crippen molar-refractivity contribution in [1.29, 1.82) is 0 Å². The molecule has 0 fully saturated rings. The number of benzene rings is 10. The highest BCUT2D eigenvalue weighted by Gasteiger charge is 2.66. The van der Waals surface area contributed by atoms with Gasteiger partial charge in [-0.25, -0.2) is 0 Å². The lowest BCUT2D eigenvalue weighted by Crippen LogP contribution is -2.56. The molecule has 3 nitrogen and oxygen atoms in total. The second-order valence-electron chi connectivity index (χ2n) is 22.1. The molecule has 15 rings (SSSR count). The summed E-state index contributed by atoms with van der Waals surface area (Å²) in [7, 11) is 16.7. The molecule has 4 aliphatic carbocycles. The minimum atomic E-state index is -0.727. The van der Waals surface area contributed by atoms with Crippen LogP contribution in [0.25, 0.3) is 49.8 Å². The first kappa shape index (κ1) is 45.9. The van der Waals surface area contributed by atoms with E-state index in [-0.39, 0.29) is 0 Å². The van der Waals surface area contributed by atoms with E-state index in [1.807, 2.05) is 0 Å². The van der Waals surface area contributed by atoms with E-state index in [0.29, 0.717) is 0 Å². The molecular weight excluding hydrogens is 922 g/mol. The predicted octanol–water partition coefficient (Wildman–Crippen LogP) is 4.72. The van der Waals surface area contributed by atoms with Crippen molar-refractivity contribution in [2.24, 2.45) is 0 Å². The molecule has 0 amide bonds. The third-order valence-electron chi connectivity index (χ3n) is 18.8. The topological polar surface area (TPSA) is 11.4 Å². The van der Waals surface area contributed by atoms with E-state index in [1.165, 1.54) is 127 Å². The predicted molar refractivity (Wildman–Crippen MR) is 348 cm³/mol. The lowest BCUT2D eigenvalue weighted by Gasteiger charge is -2.52. The summed E-state index contributed by atoms with van der Waals surface area (Å²) in [6.07, 6.45) is 8.41. The second kappa shape index (κ2) is 16.8. The molecular formula is C67H52B7N3. The van der Waals surface area contributed by atoms with Gasteiger partial charge in [0.25, 0.3) is 0 Å². The number of fused-ring (bicyclic) bond motifs is 6. The molecule has 0 bridgehead atoms. The fourth-order valence-corrected chi connectivity index (χ4v) is 15.1. The van der Waals surface area contributed by atoms with Crippen molar-refractivity contribution in [2.45, 2.75) is 17.3 Å². The summed E-state index contributed by atoms with van der Waals surface area (Å²) in [5.41, 5.74) is 28.5. The molecule has 0 saturated carbocycles. The van der Waals surface area contributed by atoms with Gasteiger partial charge in [-0.3, -0.25) is 0 Å². The first-order chi connectivity index (χ1) is 37.6. The van der Waals surface area contributed by atoms with Crippen LogP contribution in [-0.4, -0.2) is 59.5 Å². The van der Waals surface area contributed by atoms with Crippen LogP contribution in [0.2, 0.25) is 0 Å². The van der Waals surface area contributed by atoms with Crippen LogP contribution in [0, 0.1) is 0 Å². The number of para-hydroxylation sites is 4. The minimum absolute atomic E-state index is 0.633. The van der Waals surface area contributed by atoms with Gasteiger partial charge >= 0.3 is 0 Å². The molecule has 2 unspecified atom stereocenters. The van der Waals surface area contributed by atoms with E-state index < -0.39 is 10.8 Å². The molecule has 2 atom stereocenters. The maximum absolute atomic E-state index is 2.66. The highest BCUT2D eigenvalue weighted by molar-refractivity contribution is 6.71. The first-order valence-corrected chi connectivity index (χ1v) is 27.4. The van der Waals surface area contributed by atoms with Crippen molar-refractivity contribution in [3.63, 3.8) is 0 Å². The van der Waals surface area contributed by atoms with E-state index in [1.54, 1.807) is 0 Å². The van der Waals surface area contributed by atoms with Gasteiger partial charge in [0.1, 0.15) is 54.9 Å². The molecule has 11 aromatic rings. The Kier molecular flexibility index (Phi) is 9.99. The molecule has 356 valence electrons. The van der Waals surface area contributed by atoms with Gasteiger partial charge in [0.2, 0.25) is 0 Å². The van der Waals surface area contributed by atoms with Crippen LogP contribution < -0.4 is 48.0 Å². The molecule has 0 aliphatic heterocycles. The third kappa shape index (κ3) is 6.02. The molecule has 4 aliphatic rings. The molecule has 0 saturated heterocycles. The molecule has 1 heterocycles. The van der Waals surface area contributed by atoms with Crippen LogP contribution in [0.5, 0.6) is 0 Å². The Labute approximate surface area is 457 Å². The zero-order valence-electron chi connectivity index (χ0n) is 44.8. The highest BCUT2D eigenvalue weighted by Crippen LogP contribution is 2.73. The van der Waals surface area contributed by atoms with Gasteiger partial charge in [0.05, 0.1) is 22.0 Å². The van der Waals surface area contributed by atoms with Crippen LogP contribution in [0.1, 0.15) is 39.9 Å². The molecule has 1 aromatic heterocycles. The Morgan fingerprint density at radius 1 is 0.416 bits per heavy atom. The van der Waals surface area contributed by atoms with E-state index in [0.717, 1.165) is 34.9 Å². The monoisotopic (exact) mass is 975 g/mol. The van der Waals surface area contributed by atoms with Crippen molar-refractivity contribution >= 4 is 166 Å². The number of nitrogens with zero attached hydrogens (tertiary/aromatic N) is 3. The van der Waals surface area contributed by atoms with Gasteiger partial charge in [-0.15, -0.1) is 16.4 Å². The summed E-state index contributed by atoms with van der Waals surface area (Å²) in [5, 5.41) is 6.61. The maximum atomic E-state index is 2.66. The van der Waals surface area contributed by atoms with Gasteiger partial charge < -0.3 is 14.4 Å². The van der Waals surface area contributed by atoms with Crippen LogP contribution in [-0.2, 0) is 10.8 Å². The van der Waals surface area contributed by atoms with Gasteiger partial charge in [0, 0.05) is 50.8 Å². The minimum Gasteiger partial charge on any atom is -0.313 e. The van der Waals surface area contributed by atoms with Crippen LogP contribution in [0.3, 0.4) is 0 Å². The van der Waals surface area contributed by atoms with Gasteiger partial charge in [0.15, 0.2) is 0 Å². The van der Waals surface area contributed by atoms with Crippen LogP contribution in [0.15, 0.2) is 224 Å². The van der Waals surface area contributed by atoms with E-state index in [2.05, 4.69) is 288 Å². The lowest BCUT2D eigenvalue weighted by molar-refractivity contribution is 0.517. The van der Waals surface area contributed by atoms with Crippen molar-refractivity contribution in [3.8, 4) is 5.69 Å². The third-order valence-corrected chi connectivity index (χ3v) is 18.8. The average Bonchev–Trinajstić information content (AvgIpc) is 2.68. The van der Waals surface area contributed by atoms with Gasteiger partial charge in [-0.2, -0.15) is 0 Å². The van der Waals surface area contributed by atoms with Gasteiger partial charge in [-0.1, -0.05) is 149 Å². The number of hydrogen-bond acceptors (Lipinski definition) is 2. The fourth-order valence-electron chi connectivity index (χ4n) is 15.1. The highest BCUT2D eigenvalue weighted by atomic mass is 15.2. The Bertz CT molecular complexity index is 4410. The molecule has 10 heteroatoms. The SMILES string of the molecule is Bc1c(B)c(B)c2c(C34C5=C(C=C(N(c6ccccc6)c6ccc7ccccc7c6)C56CC=Cc5c6c6c3cccc6n5-c3ccccc3)c3cc(N(c5ccccc5)c5ccccc5)ccc34)c(B)c(B)c(B)c2c1B. The second-order valence-corrected chi connectivity index (χ2v) is 22.1. The van der Waals surface area contributed by atoms with Crippen LogP contribution in [0.4, 0.5) is 28.4 Å². The Hall–Kier alpha value is -8.47. The van der Waals surface area contributed by atoms with E-state index in [4.69, 9.17) is 0 Å². The normalized spacial score (nSPS) is 17.5. The summed E-state index contributed by atoms with van der Waals surface area (Å²) in [6, 6.07) is 74.8. The fraction of sp³-hybridized carbons (Fsp3) is 0.0448. The van der Waals surface area contributed by atoms with Crippen molar-refractivity contribution in [3.05, 3.63) is 257 Å². The van der Waals surface area contributed by atoms with Crippen molar-refractivity contribution in [2.75, 3.05) is 9.80 Å². The summed E-state index contributed by atoms with van der Waals surface area (Å²) >= 11 is 0. The largest absolute Gasteiger partial charge is 0.313 e. The number of anilines is 5. The maximum Gasteiger partial charge on any atom is 0.139 e. The number of rotatable bonds is 8. The number of hydrogen-bond donors (Lipinski definition) is 0. The summed E-state index contributed by atoms with van der Waals surface area (Å²) in [6.45, 7) is 0. The summed E-state index contributed by atoms with van der Waals surface area (Å²) < 4.78 is 2.58. The molecule has 0 N–H and O–H groups in total. The summed E-state index contributed by atoms with van der Waals surface area (Å²) in [4.78, 5) is 5.08. The first-order valence-electron chi connectivity index (χ1n) is 27.4. The van der Waals surface area contributed by atoms with E-state index in [9.17, 15) is 0 Å². The number of aromatic nitrogens is 1. The zero-order valence-corrected chi connectivity index (χ0v) is 44.8. The smallest absolute Gasteiger partial charge is 0.139 e. The standard InChI is InChI=1S/C67H52B7N3/c68-58-54-55(60(70)64(74)63(58)73)59(69)62(72)61(71)57(54)67-48-33-32-45(75(40-19-5-1-6-20-40)41-21-7-2-8-22-41)36-46(48)47-37-52(76(42-23-9-3-10-24-42)44-31-30-38-17-13-14-18-39(38)35-44)66(65(47)67)34-16-29-51-56(66)53-49(67)27-15-28-50(53)77(51)43-25-11-4-12-26-43/h1-33,35-37H,34,68-74H2. The van der Waals surface area contributed by atoms with Gasteiger partial charge in [-0.05, 0) is 152 Å². The molecule has 10 aromatic carbocycles. The molecule has 0 radical (unpaired) electrons. The Morgan fingerprint density at radius 3 is 1.64 bits per heavy atom. The number of allylic oxidation sites excluding steroid dienone is 4. The molecule has 1 spiro atoms. The Balaban J connectivity index is 1.17. The average molecular weight is 975 g/mol. The summed E-state index contributed by atoms with van der Waals surface area (Å²) in [5.74, 6) is 0. The Morgan fingerprint density at radius 2 is 0.974 bits per heavy atom. The quantitative estimate of drug-likeness (QED) is 0.205. The van der Waals surface area contributed by atoms with Crippen LogP contribution >= 0.6 is 0 Å². The van der Waals surface area contributed by atoms with Crippen molar-refractivity contribution in [1.82, 2.24) is 4.57 Å².